The average Bonchev–Trinajstić information content (AvgIpc) is 2.73. The number of alkyl halides is 16. The Labute approximate surface area is 202 Å². The van der Waals surface area contributed by atoms with Crippen molar-refractivity contribution in [2.45, 2.75) is 78.5 Å². The number of carbonyl (C=O) groups is 2. The van der Waals surface area contributed by atoms with Gasteiger partial charge in [-0.25, -0.2) is 10.1 Å². The molecule has 1 N–H and O–H groups in total. The van der Waals surface area contributed by atoms with Crippen molar-refractivity contribution in [3.63, 3.8) is 0 Å². The average molecular weight is 622 g/mol. The summed E-state index contributed by atoms with van der Waals surface area (Å²) in [5, 5.41) is 10.4. The molecule has 1 fully saturated rings. The summed E-state index contributed by atoms with van der Waals surface area (Å²) in [6.45, 7) is 0. The Morgan fingerprint density at radius 3 is 1.55 bits per heavy atom. The number of ketones is 1. The molecule has 1 aliphatic rings. The molecule has 1 saturated carbocycles. The van der Waals surface area contributed by atoms with E-state index >= 15 is 0 Å². The molecule has 0 aromatic carbocycles. The number of halogens is 16. The van der Waals surface area contributed by atoms with Gasteiger partial charge in [0.2, 0.25) is 0 Å². The second kappa shape index (κ2) is 10.3. The van der Waals surface area contributed by atoms with E-state index in [1.54, 1.807) is 0 Å². The molecular formula is C15H10F16O6S. The smallest absolute Gasteiger partial charge is 0.453 e. The summed E-state index contributed by atoms with van der Waals surface area (Å²) in [4.78, 5) is 23.8. The van der Waals surface area contributed by atoms with Crippen molar-refractivity contribution in [1.29, 1.82) is 0 Å². The zero-order chi connectivity index (χ0) is 30.4. The van der Waals surface area contributed by atoms with Gasteiger partial charge in [0.25, 0.3) is 0 Å². The minimum absolute atomic E-state index is 0.0174. The van der Waals surface area contributed by atoms with E-state index in [4.69, 9.17) is 5.26 Å². The minimum Gasteiger partial charge on any atom is -0.453 e. The van der Waals surface area contributed by atoms with Crippen LogP contribution in [-0.4, -0.2) is 69.8 Å². The lowest BCUT2D eigenvalue weighted by atomic mass is 9.86. The van der Waals surface area contributed by atoms with Gasteiger partial charge in [-0.2, -0.15) is 70.2 Å². The second-order valence-corrected chi connectivity index (χ2v) is 8.30. The van der Waals surface area contributed by atoms with Crippen LogP contribution < -0.4 is 0 Å². The molecule has 0 radical (unpaired) electrons. The maximum atomic E-state index is 14.7. The van der Waals surface area contributed by atoms with Gasteiger partial charge in [-0.1, -0.05) is 5.04 Å². The molecule has 224 valence electrons. The molecule has 2 unspecified atom stereocenters. The summed E-state index contributed by atoms with van der Waals surface area (Å²) in [7, 11) is 0. The normalized spacial score (nSPS) is 20.8. The van der Waals surface area contributed by atoms with E-state index < -0.39 is 89.5 Å². The molecule has 0 aliphatic heterocycles. The molecule has 0 aromatic heterocycles. The van der Waals surface area contributed by atoms with E-state index in [0.29, 0.717) is 0 Å². The van der Waals surface area contributed by atoms with Gasteiger partial charge in [0.15, 0.2) is 11.9 Å². The van der Waals surface area contributed by atoms with Crippen molar-refractivity contribution in [1.82, 2.24) is 0 Å². The number of carbonyl (C=O) groups excluding carboxylic acids is 2. The van der Waals surface area contributed by atoms with Gasteiger partial charge in [0.05, 0.1) is 12.0 Å². The predicted molar refractivity (Wildman–Crippen MR) is 85.3 cm³/mol. The lowest BCUT2D eigenvalue weighted by Crippen LogP contribution is -2.77. The van der Waals surface area contributed by atoms with Gasteiger partial charge in [-0.3, -0.25) is 4.79 Å². The Kier molecular flexibility index (Phi) is 9.32. The first-order valence-corrected chi connectivity index (χ1v) is 9.88. The molecule has 0 saturated heterocycles. The van der Waals surface area contributed by atoms with Gasteiger partial charge in [-0.15, -0.1) is 4.33 Å². The Morgan fingerprint density at radius 2 is 1.16 bits per heavy atom. The molecule has 0 amide bonds. The second-order valence-electron chi connectivity index (χ2n) is 7.38. The molecule has 0 aromatic rings. The topological polar surface area (TPSA) is 82.1 Å². The summed E-state index contributed by atoms with van der Waals surface area (Å²) in [5.74, 6) is -47.6. The lowest BCUT2D eigenvalue weighted by molar-refractivity contribution is -0.447. The van der Waals surface area contributed by atoms with Crippen molar-refractivity contribution in [2.75, 3.05) is 0 Å². The molecule has 0 bridgehead atoms. The summed E-state index contributed by atoms with van der Waals surface area (Å²) in [6, 6.07) is 0. The fourth-order valence-electron chi connectivity index (χ4n) is 2.90. The van der Waals surface area contributed by atoms with Crippen molar-refractivity contribution < 1.29 is 99.2 Å². The first-order chi connectivity index (χ1) is 16.7. The first-order valence-electron chi connectivity index (χ1n) is 9.14. The fourth-order valence-corrected chi connectivity index (χ4v) is 3.48. The third kappa shape index (κ3) is 4.97. The van der Waals surface area contributed by atoms with Crippen LogP contribution in [0.15, 0.2) is 0 Å². The number of Topliss-reactive ketones (excluding diaryl/α,β-unsaturated/α-hetero) is 1. The van der Waals surface area contributed by atoms with E-state index in [1.807, 2.05) is 0 Å². The highest BCUT2D eigenvalue weighted by atomic mass is 32.2. The van der Waals surface area contributed by atoms with E-state index in [1.165, 1.54) is 0 Å². The molecule has 0 spiro atoms. The van der Waals surface area contributed by atoms with Crippen LogP contribution in [0.1, 0.15) is 25.7 Å². The molecule has 1 rings (SSSR count). The summed E-state index contributed by atoms with van der Waals surface area (Å²) >= 11 is -2.55. The highest BCUT2D eigenvalue weighted by molar-refractivity contribution is 7.97. The maximum Gasteiger partial charge on any atom is 0.460 e. The molecular weight excluding hydrogens is 612 g/mol. The van der Waals surface area contributed by atoms with Crippen LogP contribution in [0.5, 0.6) is 0 Å². The van der Waals surface area contributed by atoms with Crippen LogP contribution in [0.4, 0.5) is 70.2 Å². The quantitative estimate of drug-likeness (QED) is 0.103. The minimum atomic E-state index is -8.72. The van der Waals surface area contributed by atoms with E-state index in [2.05, 4.69) is 14.1 Å². The monoisotopic (exact) mass is 622 g/mol. The molecule has 1 aliphatic carbocycles. The first kappa shape index (κ1) is 34.3. The molecule has 23 heteroatoms. The largest absolute Gasteiger partial charge is 0.460 e. The van der Waals surface area contributed by atoms with Gasteiger partial charge in [0.1, 0.15) is 0 Å². The third-order valence-corrected chi connectivity index (χ3v) is 6.03. The van der Waals surface area contributed by atoms with Crippen LogP contribution in [0.2, 0.25) is 0 Å². The fraction of sp³-hybridized carbons (Fsp3) is 0.867. The van der Waals surface area contributed by atoms with E-state index in [0.717, 1.165) is 0 Å². The van der Waals surface area contributed by atoms with Gasteiger partial charge >= 0.3 is 52.7 Å². The van der Waals surface area contributed by atoms with Gasteiger partial charge in [-0.05, 0) is 19.3 Å². The number of hydrogen-bond acceptors (Lipinski definition) is 7. The van der Waals surface area contributed by atoms with E-state index in [-0.39, 0.29) is 12.8 Å². The Hall–Kier alpha value is -1.75. The molecule has 0 heterocycles. The van der Waals surface area contributed by atoms with Crippen LogP contribution in [0, 0.1) is 0 Å². The third-order valence-electron chi connectivity index (χ3n) is 5.00. The molecule has 2 atom stereocenters. The predicted octanol–water partition coefficient (Wildman–Crippen LogP) is 6.15. The van der Waals surface area contributed by atoms with Crippen LogP contribution in [0.3, 0.4) is 0 Å². The zero-order valence-corrected chi connectivity index (χ0v) is 18.2. The van der Waals surface area contributed by atoms with Gasteiger partial charge < -0.3 is 4.74 Å². The van der Waals surface area contributed by atoms with Gasteiger partial charge in [0, 0.05) is 6.42 Å². The number of ether oxygens (including phenoxy) is 1. The van der Waals surface area contributed by atoms with Crippen molar-refractivity contribution in [2.24, 2.45) is 0 Å². The molecule has 38 heavy (non-hydrogen) atoms. The summed E-state index contributed by atoms with van der Waals surface area (Å²) in [5.41, 5.74) is 0. The Bertz CT molecular complexity index is 888. The highest BCUT2D eigenvalue weighted by Crippen LogP contribution is 2.65. The lowest BCUT2D eigenvalue weighted by Gasteiger charge is -2.45. The van der Waals surface area contributed by atoms with Crippen LogP contribution in [0.25, 0.3) is 0 Å². The van der Waals surface area contributed by atoms with Crippen molar-refractivity contribution >= 4 is 23.8 Å². The van der Waals surface area contributed by atoms with Crippen LogP contribution >= 0.6 is 12.0 Å². The zero-order valence-electron chi connectivity index (χ0n) is 17.3. The standard InChI is InChI=1S/C15H10F16O6S/c16-9(17,10(18,19)11(20,21)12(22,23)13(24,25)15(29,30)31)8(14(26,27)28,38-37-36-34)7(33)35-6-4-2-1-3-5(6)32/h6,34H,1-4H2. The Morgan fingerprint density at radius 1 is 0.711 bits per heavy atom. The Balaban J connectivity index is 3.91. The molecule has 6 nitrogen and oxygen atoms in total. The van der Waals surface area contributed by atoms with Crippen LogP contribution in [-0.2, 0) is 23.7 Å². The maximum absolute atomic E-state index is 14.7. The number of hydrogen-bond donors (Lipinski definition) is 1. The van der Waals surface area contributed by atoms with E-state index in [9.17, 15) is 79.8 Å². The summed E-state index contributed by atoms with van der Waals surface area (Å²) in [6.07, 6.45) is -19.3. The highest BCUT2D eigenvalue weighted by Gasteiger charge is 2.96. The number of esters is 1. The SMILES string of the molecule is O=C1CCCCC1OC(=O)C(SOOO)(C(F)(F)F)C(F)(F)C(F)(F)C(F)(F)C(F)(F)C(F)(F)C(F)(F)F. The summed E-state index contributed by atoms with van der Waals surface area (Å²) < 4.78 is 216. The number of rotatable bonds is 10. The van der Waals surface area contributed by atoms with Crippen molar-refractivity contribution in [3.05, 3.63) is 0 Å². The van der Waals surface area contributed by atoms with Crippen molar-refractivity contribution in [3.8, 4) is 0 Å².